The zero-order chi connectivity index (χ0) is 8.97. The molecule has 3 nitrogen and oxygen atoms in total. The summed E-state index contributed by atoms with van der Waals surface area (Å²) in [5.74, 6) is 5.89. The highest BCUT2D eigenvalue weighted by atomic mass is 35.5. The second-order valence-electron chi connectivity index (χ2n) is 1.92. The molecule has 0 bridgehead atoms. The Labute approximate surface area is 75.7 Å². The van der Waals surface area contributed by atoms with Crippen LogP contribution in [-0.2, 0) is 0 Å². The Morgan fingerprint density at radius 2 is 2.25 bits per heavy atom. The van der Waals surface area contributed by atoms with Crippen molar-refractivity contribution >= 4 is 11.6 Å². The van der Waals surface area contributed by atoms with Crippen molar-refractivity contribution in [1.29, 1.82) is 0 Å². The van der Waals surface area contributed by atoms with Gasteiger partial charge in [0.25, 0.3) is 0 Å². The molecule has 1 aromatic heterocycles. The molecular weight excluding hydrogens is 176 g/mol. The van der Waals surface area contributed by atoms with Crippen LogP contribution in [0.25, 0.3) is 0 Å². The van der Waals surface area contributed by atoms with E-state index in [4.69, 9.17) is 16.3 Å². The van der Waals surface area contributed by atoms with Gasteiger partial charge in [-0.3, -0.25) is 0 Å². The van der Waals surface area contributed by atoms with Gasteiger partial charge in [-0.25, -0.2) is 9.97 Å². The normalized spacial score (nSPS) is 8.58. The highest BCUT2D eigenvalue weighted by molar-refractivity contribution is 6.30. The first-order valence-corrected chi connectivity index (χ1v) is 3.64. The molecule has 0 spiro atoms. The molecular formula is C8H7ClN2O. The number of halogens is 1. The van der Waals surface area contributed by atoms with E-state index in [0.717, 1.165) is 0 Å². The second kappa shape index (κ2) is 3.93. The zero-order valence-electron chi connectivity index (χ0n) is 6.76. The van der Waals surface area contributed by atoms with E-state index in [1.807, 2.05) is 0 Å². The smallest absolute Gasteiger partial charge is 0.190 e. The van der Waals surface area contributed by atoms with E-state index in [-0.39, 0.29) is 5.15 Å². The number of nitrogens with zero attached hydrogens (tertiary/aromatic N) is 2. The van der Waals surface area contributed by atoms with Crippen molar-refractivity contribution in [2.24, 2.45) is 0 Å². The molecule has 0 N–H and O–H groups in total. The minimum absolute atomic E-state index is 0.283. The third-order valence-electron chi connectivity index (χ3n) is 1.21. The number of aromatic nitrogens is 2. The predicted octanol–water partition coefficient (Wildman–Crippen LogP) is 1.51. The fraction of sp³-hybridized carbons (Fsp3) is 0.250. The second-order valence-corrected chi connectivity index (χ2v) is 2.28. The molecule has 0 saturated heterocycles. The lowest BCUT2D eigenvalue weighted by Crippen LogP contribution is -1.94. The van der Waals surface area contributed by atoms with Crippen LogP contribution < -0.4 is 4.74 Å². The number of methoxy groups -OCH3 is 1. The molecule has 0 fully saturated rings. The van der Waals surface area contributed by atoms with Crippen LogP contribution in [0.3, 0.4) is 0 Å². The van der Waals surface area contributed by atoms with Gasteiger partial charge in [0.2, 0.25) is 0 Å². The van der Waals surface area contributed by atoms with Crippen molar-refractivity contribution in [2.45, 2.75) is 6.92 Å². The highest BCUT2D eigenvalue weighted by Gasteiger charge is 2.06. The molecule has 0 aromatic carbocycles. The quantitative estimate of drug-likeness (QED) is 0.488. The van der Waals surface area contributed by atoms with Gasteiger partial charge in [-0.15, -0.1) is 0 Å². The molecule has 1 heterocycles. The molecule has 0 amide bonds. The Balaban J connectivity index is 3.24. The van der Waals surface area contributed by atoms with Crippen LogP contribution in [0.2, 0.25) is 5.15 Å². The third-order valence-corrected chi connectivity index (χ3v) is 1.48. The van der Waals surface area contributed by atoms with E-state index in [9.17, 15) is 0 Å². The summed E-state index contributed by atoms with van der Waals surface area (Å²) in [5, 5.41) is 0.283. The van der Waals surface area contributed by atoms with Crippen LogP contribution in [0.15, 0.2) is 6.33 Å². The molecule has 1 aromatic rings. The first-order valence-electron chi connectivity index (χ1n) is 3.26. The SMILES string of the molecule is CC#Cc1ncnc(Cl)c1OC. The average Bonchev–Trinajstić information content (AvgIpc) is 2.05. The monoisotopic (exact) mass is 182 g/mol. The lowest BCUT2D eigenvalue weighted by Gasteiger charge is -2.01. The summed E-state index contributed by atoms with van der Waals surface area (Å²) in [7, 11) is 1.51. The molecule has 0 atom stereocenters. The standard InChI is InChI=1S/C8H7ClN2O/c1-3-4-6-7(12-2)8(9)11-5-10-6/h5H,1-2H3. The van der Waals surface area contributed by atoms with Crippen molar-refractivity contribution in [3.63, 3.8) is 0 Å². The van der Waals surface area contributed by atoms with Gasteiger partial charge in [0.15, 0.2) is 16.6 Å². The maximum atomic E-state index is 5.72. The first-order chi connectivity index (χ1) is 5.79. The lowest BCUT2D eigenvalue weighted by molar-refractivity contribution is 0.409. The van der Waals surface area contributed by atoms with Gasteiger partial charge in [0.05, 0.1) is 7.11 Å². The van der Waals surface area contributed by atoms with Crippen molar-refractivity contribution in [2.75, 3.05) is 7.11 Å². The summed E-state index contributed by atoms with van der Waals surface area (Å²) in [6.07, 6.45) is 1.35. The Bertz CT molecular complexity index is 341. The van der Waals surface area contributed by atoms with Gasteiger partial charge >= 0.3 is 0 Å². The Hall–Kier alpha value is -1.27. The van der Waals surface area contributed by atoms with Gasteiger partial charge in [-0.2, -0.15) is 0 Å². The first kappa shape index (κ1) is 8.82. The van der Waals surface area contributed by atoms with E-state index < -0.39 is 0 Å². The molecule has 0 saturated carbocycles. The highest BCUT2D eigenvalue weighted by Crippen LogP contribution is 2.22. The summed E-state index contributed by atoms with van der Waals surface area (Å²) in [5.41, 5.74) is 0.514. The Morgan fingerprint density at radius 1 is 1.50 bits per heavy atom. The molecule has 0 unspecified atom stereocenters. The predicted molar refractivity (Wildman–Crippen MR) is 46.1 cm³/mol. The summed E-state index contributed by atoms with van der Waals surface area (Å²) in [6.45, 7) is 1.72. The lowest BCUT2D eigenvalue weighted by atomic mass is 10.4. The molecule has 12 heavy (non-hydrogen) atoms. The maximum absolute atomic E-state index is 5.72. The van der Waals surface area contributed by atoms with E-state index in [1.54, 1.807) is 6.92 Å². The van der Waals surface area contributed by atoms with E-state index in [1.165, 1.54) is 13.4 Å². The van der Waals surface area contributed by atoms with E-state index in [2.05, 4.69) is 21.8 Å². The Kier molecular flexibility index (Phi) is 2.89. The van der Waals surface area contributed by atoms with Crippen molar-refractivity contribution < 1.29 is 4.74 Å². The summed E-state index contributed by atoms with van der Waals surface area (Å²) in [6, 6.07) is 0. The third kappa shape index (κ3) is 1.66. The molecule has 0 aliphatic carbocycles. The molecule has 0 aliphatic rings. The Morgan fingerprint density at radius 3 is 2.83 bits per heavy atom. The summed E-state index contributed by atoms with van der Waals surface area (Å²) < 4.78 is 4.97. The molecule has 0 aliphatic heterocycles. The fourth-order valence-electron chi connectivity index (χ4n) is 0.741. The fourth-order valence-corrected chi connectivity index (χ4v) is 0.951. The van der Waals surface area contributed by atoms with Crippen LogP contribution in [0.1, 0.15) is 12.6 Å². The molecule has 0 radical (unpaired) electrons. The minimum atomic E-state index is 0.283. The summed E-state index contributed by atoms with van der Waals surface area (Å²) >= 11 is 5.72. The van der Waals surface area contributed by atoms with Crippen LogP contribution in [0.5, 0.6) is 5.75 Å². The van der Waals surface area contributed by atoms with Crippen molar-refractivity contribution in [3.8, 4) is 17.6 Å². The number of hydrogen-bond donors (Lipinski definition) is 0. The van der Waals surface area contributed by atoms with Crippen LogP contribution in [0, 0.1) is 11.8 Å². The number of hydrogen-bond acceptors (Lipinski definition) is 3. The molecule has 62 valence electrons. The largest absolute Gasteiger partial charge is 0.491 e. The van der Waals surface area contributed by atoms with Gasteiger partial charge in [-0.05, 0) is 12.8 Å². The van der Waals surface area contributed by atoms with Gasteiger partial charge in [-0.1, -0.05) is 17.5 Å². The average molecular weight is 183 g/mol. The number of ether oxygens (including phenoxy) is 1. The minimum Gasteiger partial charge on any atom is -0.491 e. The van der Waals surface area contributed by atoms with Crippen LogP contribution in [-0.4, -0.2) is 17.1 Å². The van der Waals surface area contributed by atoms with Gasteiger partial charge < -0.3 is 4.74 Å². The van der Waals surface area contributed by atoms with Crippen molar-refractivity contribution in [3.05, 3.63) is 17.2 Å². The zero-order valence-corrected chi connectivity index (χ0v) is 7.51. The van der Waals surface area contributed by atoms with Crippen LogP contribution >= 0.6 is 11.6 Å². The van der Waals surface area contributed by atoms with Crippen molar-refractivity contribution in [1.82, 2.24) is 9.97 Å². The topological polar surface area (TPSA) is 35.0 Å². The number of rotatable bonds is 1. The maximum Gasteiger partial charge on any atom is 0.190 e. The van der Waals surface area contributed by atoms with Gasteiger partial charge in [0.1, 0.15) is 6.33 Å². The summed E-state index contributed by atoms with van der Waals surface area (Å²) in [4.78, 5) is 7.66. The van der Waals surface area contributed by atoms with E-state index in [0.29, 0.717) is 11.4 Å². The van der Waals surface area contributed by atoms with Crippen LogP contribution in [0.4, 0.5) is 0 Å². The molecule has 4 heteroatoms. The molecule has 1 rings (SSSR count). The van der Waals surface area contributed by atoms with Gasteiger partial charge in [0, 0.05) is 0 Å². The van der Waals surface area contributed by atoms with E-state index >= 15 is 0 Å².